The zero-order chi connectivity index (χ0) is 9.84. The minimum Gasteiger partial charge on any atom is -0.475 e. The lowest BCUT2D eigenvalue weighted by molar-refractivity contribution is -0.130. The molecule has 0 saturated carbocycles. The molecular weight excluding hydrogens is 168 g/mol. The van der Waals surface area contributed by atoms with Gasteiger partial charge in [0.2, 0.25) is 5.84 Å². The Hall–Kier alpha value is -1.84. The molecule has 4 heteroatoms. The monoisotopic (exact) mass is 178 g/mol. The zero-order valence-corrected chi connectivity index (χ0v) is 7.19. The highest BCUT2D eigenvalue weighted by Crippen LogP contribution is 2.12. The van der Waals surface area contributed by atoms with E-state index >= 15 is 0 Å². The lowest BCUT2D eigenvalue weighted by Crippen LogP contribution is -2.31. The second kappa shape index (κ2) is 3.71. The standard InChI is InChI=1S/C9H10N2O2/c1-2-7-5-3-4-6-11(7)8(10)9(12)13/h2-6,10H,1H3,(H,12,13)/b7-2+,10-8?. The fraction of sp³-hybridized carbons (Fsp3) is 0.111. The fourth-order valence-corrected chi connectivity index (χ4v) is 0.998. The van der Waals surface area contributed by atoms with E-state index in [1.165, 1.54) is 4.90 Å². The lowest BCUT2D eigenvalue weighted by Gasteiger charge is -2.21. The number of aliphatic carboxylic acids is 1. The number of hydrogen-bond donors (Lipinski definition) is 2. The van der Waals surface area contributed by atoms with Crippen molar-refractivity contribution < 1.29 is 9.90 Å². The smallest absolute Gasteiger partial charge is 0.371 e. The number of carboxylic acids is 1. The number of nitrogens with zero attached hydrogens (tertiary/aromatic N) is 1. The molecule has 0 unspecified atom stereocenters. The second-order valence-electron chi connectivity index (χ2n) is 2.44. The topological polar surface area (TPSA) is 64.4 Å². The number of amidine groups is 1. The van der Waals surface area contributed by atoms with E-state index in [1.807, 2.05) is 0 Å². The van der Waals surface area contributed by atoms with E-state index in [0.717, 1.165) is 0 Å². The summed E-state index contributed by atoms with van der Waals surface area (Å²) in [5.41, 5.74) is 0.690. The molecule has 0 amide bonds. The van der Waals surface area contributed by atoms with Crippen molar-refractivity contribution in [1.29, 1.82) is 5.41 Å². The Labute approximate surface area is 76.0 Å². The van der Waals surface area contributed by atoms with Gasteiger partial charge in [-0.1, -0.05) is 12.2 Å². The van der Waals surface area contributed by atoms with E-state index in [-0.39, 0.29) is 0 Å². The van der Waals surface area contributed by atoms with Crippen LogP contribution in [0.15, 0.2) is 36.2 Å². The molecule has 0 aromatic carbocycles. The molecule has 1 aliphatic rings. The first-order valence-corrected chi connectivity index (χ1v) is 3.79. The molecule has 68 valence electrons. The van der Waals surface area contributed by atoms with Crippen LogP contribution in [0.1, 0.15) is 6.92 Å². The van der Waals surface area contributed by atoms with Crippen molar-refractivity contribution in [2.24, 2.45) is 0 Å². The van der Waals surface area contributed by atoms with Crippen molar-refractivity contribution in [2.45, 2.75) is 6.92 Å². The molecule has 0 bridgehead atoms. The molecule has 0 radical (unpaired) electrons. The molecule has 1 rings (SSSR count). The Morgan fingerprint density at radius 3 is 2.85 bits per heavy atom. The van der Waals surface area contributed by atoms with E-state index in [0.29, 0.717) is 5.70 Å². The molecule has 0 atom stereocenters. The summed E-state index contributed by atoms with van der Waals surface area (Å²) in [4.78, 5) is 11.8. The maximum atomic E-state index is 10.5. The summed E-state index contributed by atoms with van der Waals surface area (Å²) in [7, 11) is 0. The van der Waals surface area contributed by atoms with E-state index in [4.69, 9.17) is 10.5 Å². The Morgan fingerprint density at radius 1 is 1.62 bits per heavy atom. The molecule has 0 aliphatic carbocycles. The highest BCUT2D eigenvalue weighted by atomic mass is 16.4. The maximum Gasteiger partial charge on any atom is 0.371 e. The first-order chi connectivity index (χ1) is 6.16. The number of nitrogens with one attached hydrogen (secondary N) is 1. The predicted molar refractivity (Wildman–Crippen MR) is 49.2 cm³/mol. The third kappa shape index (κ3) is 1.84. The molecule has 0 aromatic rings. The Kier molecular flexibility index (Phi) is 2.64. The SMILES string of the molecule is C/C=C1\C=CC=CN1C(=N)C(=O)O. The molecule has 4 nitrogen and oxygen atoms in total. The van der Waals surface area contributed by atoms with Gasteiger partial charge in [0.15, 0.2) is 0 Å². The van der Waals surface area contributed by atoms with Crippen LogP contribution in [0.25, 0.3) is 0 Å². The van der Waals surface area contributed by atoms with Gasteiger partial charge in [-0.25, -0.2) is 4.79 Å². The van der Waals surface area contributed by atoms with Gasteiger partial charge in [0.25, 0.3) is 0 Å². The van der Waals surface area contributed by atoms with Crippen molar-refractivity contribution in [1.82, 2.24) is 4.90 Å². The van der Waals surface area contributed by atoms with E-state index in [9.17, 15) is 4.79 Å². The fourth-order valence-electron chi connectivity index (χ4n) is 0.998. The summed E-state index contributed by atoms with van der Waals surface area (Å²) in [5, 5.41) is 15.9. The number of carboxylic acid groups (broad SMARTS) is 1. The van der Waals surface area contributed by atoms with Gasteiger partial charge < -0.3 is 5.11 Å². The van der Waals surface area contributed by atoms with Crippen molar-refractivity contribution in [3.05, 3.63) is 36.2 Å². The van der Waals surface area contributed by atoms with Gasteiger partial charge in [0, 0.05) is 11.9 Å². The highest BCUT2D eigenvalue weighted by Gasteiger charge is 2.17. The summed E-state index contributed by atoms with van der Waals surface area (Å²) in [5.74, 6) is -1.69. The van der Waals surface area contributed by atoms with Gasteiger partial charge in [0.05, 0.1) is 0 Å². The first-order valence-electron chi connectivity index (χ1n) is 3.79. The van der Waals surface area contributed by atoms with Gasteiger partial charge in [0.1, 0.15) is 0 Å². The Bertz CT molecular complexity index is 327. The normalized spacial score (nSPS) is 17.9. The molecule has 0 aromatic heterocycles. The third-order valence-electron chi connectivity index (χ3n) is 1.63. The van der Waals surface area contributed by atoms with Crippen LogP contribution >= 0.6 is 0 Å². The lowest BCUT2D eigenvalue weighted by atomic mass is 10.2. The number of carbonyl (C=O) groups is 1. The molecule has 13 heavy (non-hydrogen) atoms. The van der Waals surface area contributed by atoms with Crippen LogP contribution < -0.4 is 0 Å². The summed E-state index contributed by atoms with van der Waals surface area (Å²) >= 11 is 0. The predicted octanol–water partition coefficient (Wildman–Crippen LogP) is 1.34. The van der Waals surface area contributed by atoms with Gasteiger partial charge in [-0.05, 0) is 19.1 Å². The molecule has 2 N–H and O–H groups in total. The maximum absolute atomic E-state index is 10.5. The van der Waals surface area contributed by atoms with Crippen LogP contribution in [0.4, 0.5) is 0 Å². The largest absolute Gasteiger partial charge is 0.475 e. The summed E-state index contributed by atoms with van der Waals surface area (Å²) in [6, 6.07) is 0. The van der Waals surface area contributed by atoms with Crippen molar-refractivity contribution in [2.75, 3.05) is 0 Å². The van der Waals surface area contributed by atoms with Crippen molar-refractivity contribution >= 4 is 11.8 Å². The van der Waals surface area contributed by atoms with Gasteiger partial charge in [-0.2, -0.15) is 0 Å². The van der Waals surface area contributed by atoms with Crippen molar-refractivity contribution in [3.8, 4) is 0 Å². The summed E-state index contributed by atoms with van der Waals surface area (Å²) < 4.78 is 0. The molecule has 0 fully saturated rings. The van der Waals surface area contributed by atoms with Gasteiger partial charge in [-0.3, -0.25) is 10.3 Å². The second-order valence-corrected chi connectivity index (χ2v) is 2.44. The van der Waals surface area contributed by atoms with Crippen LogP contribution in [0.5, 0.6) is 0 Å². The first kappa shape index (κ1) is 9.25. The minimum absolute atomic E-state index is 0.450. The van der Waals surface area contributed by atoms with Crippen LogP contribution in [-0.2, 0) is 4.79 Å². The number of rotatable bonds is 0. The van der Waals surface area contributed by atoms with E-state index in [2.05, 4.69) is 0 Å². The quantitative estimate of drug-likeness (QED) is 0.434. The summed E-state index contributed by atoms with van der Waals surface area (Å²) in [6.45, 7) is 1.79. The molecule has 0 saturated heterocycles. The molecular formula is C9H10N2O2. The van der Waals surface area contributed by atoms with E-state index < -0.39 is 11.8 Å². The van der Waals surface area contributed by atoms with Gasteiger partial charge in [-0.15, -0.1) is 0 Å². The van der Waals surface area contributed by atoms with Crippen molar-refractivity contribution in [3.63, 3.8) is 0 Å². The van der Waals surface area contributed by atoms with Crippen LogP contribution in [0.3, 0.4) is 0 Å². The number of hydrogen-bond acceptors (Lipinski definition) is 2. The molecule has 1 aliphatic heterocycles. The Balaban J connectivity index is 2.92. The van der Waals surface area contributed by atoms with Crippen LogP contribution in [0, 0.1) is 5.41 Å². The third-order valence-corrected chi connectivity index (χ3v) is 1.63. The minimum atomic E-state index is -1.24. The molecule has 1 heterocycles. The average molecular weight is 178 g/mol. The van der Waals surface area contributed by atoms with Crippen LogP contribution in [-0.4, -0.2) is 21.8 Å². The highest BCUT2D eigenvalue weighted by molar-refractivity contribution is 6.33. The van der Waals surface area contributed by atoms with E-state index in [1.54, 1.807) is 37.4 Å². The summed E-state index contributed by atoms with van der Waals surface area (Å²) in [6.07, 6.45) is 8.52. The number of allylic oxidation sites excluding steroid dienone is 4. The molecule has 0 spiro atoms. The zero-order valence-electron chi connectivity index (χ0n) is 7.19. The Morgan fingerprint density at radius 2 is 2.31 bits per heavy atom. The van der Waals surface area contributed by atoms with Gasteiger partial charge >= 0.3 is 5.97 Å². The average Bonchev–Trinajstić information content (AvgIpc) is 2.16. The van der Waals surface area contributed by atoms with Crippen LogP contribution in [0.2, 0.25) is 0 Å².